The first-order valence-corrected chi connectivity index (χ1v) is 4.47. The average Bonchev–Trinajstić information content (AvgIpc) is 2.23. The zero-order chi connectivity index (χ0) is 10.1. The predicted octanol–water partition coefficient (Wildman–Crippen LogP) is 3.66. The van der Waals surface area contributed by atoms with E-state index in [2.05, 4.69) is 4.85 Å². The van der Waals surface area contributed by atoms with Gasteiger partial charge in [-0.1, -0.05) is 26.0 Å². The molecule has 0 unspecified atom stereocenters. The lowest BCUT2D eigenvalue weighted by molar-refractivity contribution is 0.340. The molecule has 2 heteroatoms. The Morgan fingerprint density at radius 2 is 1.77 bits per heavy atom. The van der Waals surface area contributed by atoms with Crippen LogP contribution in [0.4, 0.5) is 5.69 Å². The molecule has 0 heterocycles. The summed E-state index contributed by atoms with van der Waals surface area (Å²) in [7, 11) is 0. The Bertz CT molecular complexity index is 258. The Morgan fingerprint density at radius 3 is 2.15 bits per heavy atom. The van der Waals surface area contributed by atoms with Gasteiger partial charge in [0.1, 0.15) is 5.75 Å². The van der Waals surface area contributed by atoms with Crippen LogP contribution in [-0.2, 0) is 0 Å². The molecule has 0 bridgehead atoms. The molecular weight excluding hydrogens is 162 g/mol. The van der Waals surface area contributed by atoms with E-state index in [4.69, 9.17) is 11.3 Å². The first kappa shape index (κ1) is 11.5. The summed E-state index contributed by atoms with van der Waals surface area (Å²) < 4.78 is 5.20. The highest BCUT2D eigenvalue weighted by Crippen LogP contribution is 2.17. The van der Waals surface area contributed by atoms with Crippen molar-refractivity contribution in [1.82, 2.24) is 0 Å². The van der Waals surface area contributed by atoms with Crippen molar-refractivity contribution < 1.29 is 4.74 Å². The summed E-state index contributed by atoms with van der Waals surface area (Å²) >= 11 is 0. The van der Waals surface area contributed by atoms with E-state index < -0.39 is 0 Å². The Morgan fingerprint density at radius 1 is 1.23 bits per heavy atom. The standard InChI is InChI=1S/C9H9NO.C2H6/c1-3-11-9-6-4-8(10-2)5-7-9;1-2/h4-7H,3H2,1H3;1-2H3. The quantitative estimate of drug-likeness (QED) is 0.628. The van der Waals surface area contributed by atoms with E-state index in [0.717, 1.165) is 5.75 Å². The normalized spacial score (nSPS) is 7.85. The highest BCUT2D eigenvalue weighted by atomic mass is 16.5. The first-order chi connectivity index (χ1) is 6.36. The van der Waals surface area contributed by atoms with Gasteiger partial charge in [0.15, 0.2) is 5.69 Å². The number of rotatable bonds is 2. The number of hydrogen-bond donors (Lipinski definition) is 0. The van der Waals surface area contributed by atoms with Crippen molar-refractivity contribution >= 4 is 5.69 Å². The largest absolute Gasteiger partial charge is 0.494 e. The topological polar surface area (TPSA) is 13.6 Å². The van der Waals surface area contributed by atoms with Gasteiger partial charge >= 0.3 is 0 Å². The lowest BCUT2D eigenvalue weighted by Crippen LogP contribution is -1.89. The molecule has 1 aromatic rings. The van der Waals surface area contributed by atoms with Gasteiger partial charge in [0.05, 0.1) is 13.2 Å². The molecule has 0 N–H and O–H groups in total. The molecule has 0 aromatic heterocycles. The minimum absolute atomic E-state index is 0.647. The van der Waals surface area contributed by atoms with Gasteiger partial charge in [-0.3, -0.25) is 0 Å². The van der Waals surface area contributed by atoms with Gasteiger partial charge in [0.25, 0.3) is 0 Å². The van der Waals surface area contributed by atoms with Crippen molar-refractivity contribution in [2.24, 2.45) is 0 Å². The number of ether oxygens (including phenoxy) is 1. The molecule has 70 valence electrons. The maximum Gasteiger partial charge on any atom is 0.187 e. The maximum atomic E-state index is 6.70. The summed E-state index contributed by atoms with van der Waals surface area (Å²) in [4.78, 5) is 3.27. The molecule has 1 rings (SSSR count). The minimum atomic E-state index is 0.647. The van der Waals surface area contributed by atoms with Crippen molar-refractivity contribution in [1.29, 1.82) is 0 Å². The van der Waals surface area contributed by atoms with E-state index in [-0.39, 0.29) is 0 Å². The fraction of sp³-hybridized carbons (Fsp3) is 0.364. The zero-order valence-electron chi connectivity index (χ0n) is 8.37. The molecule has 0 radical (unpaired) electrons. The Kier molecular flexibility index (Phi) is 6.35. The second kappa shape index (κ2) is 7.17. The lowest BCUT2D eigenvalue weighted by Gasteiger charge is -2.00. The first-order valence-electron chi connectivity index (χ1n) is 4.47. The molecule has 13 heavy (non-hydrogen) atoms. The minimum Gasteiger partial charge on any atom is -0.494 e. The average molecular weight is 177 g/mol. The molecule has 0 atom stereocenters. The summed E-state index contributed by atoms with van der Waals surface area (Å²) in [6, 6.07) is 7.10. The van der Waals surface area contributed by atoms with Gasteiger partial charge in [-0.25, -0.2) is 4.85 Å². The van der Waals surface area contributed by atoms with Crippen molar-refractivity contribution in [3.63, 3.8) is 0 Å². The van der Waals surface area contributed by atoms with Crippen LogP contribution < -0.4 is 4.74 Å². The van der Waals surface area contributed by atoms with Crippen LogP contribution in [0.15, 0.2) is 24.3 Å². The van der Waals surface area contributed by atoms with Crippen molar-refractivity contribution in [3.05, 3.63) is 35.7 Å². The van der Waals surface area contributed by atoms with Gasteiger partial charge in [-0.15, -0.1) is 0 Å². The van der Waals surface area contributed by atoms with E-state index in [1.54, 1.807) is 24.3 Å². The van der Waals surface area contributed by atoms with E-state index in [9.17, 15) is 0 Å². The third kappa shape index (κ3) is 4.17. The molecule has 0 aliphatic rings. The molecule has 0 aliphatic carbocycles. The van der Waals surface area contributed by atoms with Gasteiger partial charge < -0.3 is 4.74 Å². The molecule has 0 saturated carbocycles. The van der Waals surface area contributed by atoms with E-state index in [1.807, 2.05) is 20.8 Å². The van der Waals surface area contributed by atoms with E-state index >= 15 is 0 Å². The third-order valence-corrected chi connectivity index (χ3v) is 1.28. The Balaban J connectivity index is 0.000000671. The fourth-order valence-corrected chi connectivity index (χ4v) is 0.784. The van der Waals surface area contributed by atoms with Crippen molar-refractivity contribution in [3.8, 4) is 5.75 Å². The molecule has 0 fully saturated rings. The van der Waals surface area contributed by atoms with Gasteiger partial charge in [0, 0.05) is 0 Å². The third-order valence-electron chi connectivity index (χ3n) is 1.28. The Labute approximate surface area is 80.0 Å². The number of hydrogen-bond acceptors (Lipinski definition) is 1. The number of benzene rings is 1. The maximum absolute atomic E-state index is 6.70. The van der Waals surface area contributed by atoms with Gasteiger partial charge in [-0.2, -0.15) is 0 Å². The van der Waals surface area contributed by atoms with E-state index in [0.29, 0.717) is 12.3 Å². The van der Waals surface area contributed by atoms with Crippen LogP contribution in [0.3, 0.4) is 0 Å². The van der Waals surface area contributed by atoms with Crippen molar-refractivity contribution in [2.45, 2.75) is 20.8 Å². The highest BCUT2D eigenvalue weighted by Gasteiger charge is 1.91. The van der Waals surface area contributed by atoms with Crippen LogP contribution in [0.25, 0.3) is 4.85 Å². The van der Waals surface area contributed by atoms with Crippen LogP contribution in [-0.4, -0.2) is 6.61 Å². The zero-order valence-corrected chi connectivity index (χ0v) is 8.37. The van der Waals surface area contributed by atoms with Gasteiger partial charge in [0.2, 0.25) is 0 Å². The SMILES string of the molecule is CC.[C-]#[N+]c1ccc(OCC)cc1. The fourth-order valence-electron chi connectivity index (χ4n) is 0.784. The van der Waals surface area contributed by atoms with Crippen molar-refractivity contribution in [2.75, 3.05) is 6.61 Å². The summed E-state index contributed by atoms with van der Waals surface area (Å²) in [6.45, 7) is 13.3. The smallest absolute Gasteiger partial charge is 0.187 e. The molecule has 0 aliphatic heterocycles. The summed E-state index contributed by atoms with van der Waals surface area (Å²) in [5.41, 5.74) is 0.647. The van der Waals surface area contributed by atoms with Crippen LogP contribution in [0.1, 0.15) is 20.8 Å². The lowest BCUT2D eigenvalue weighted by atomic mass is 10.3. The molecule has 1 aromatic carbocycles. The van der Waals surface area contributed by atoms with Gasteiger partial charge in [-0.05, 0) is 19.1 Å². The van der Waals surface area contributed by atoms with Crippen LogP contribution in [0.5, 0.6) is 5.75 Å². The summed E-state index contributed by atoms with van der Waals surface area (Å²) in [5.74, 6) is 0.819. The Hall–Kier alpha value is -1.49. The highest BCUT2D eigenvalue weighted by molar-refractivity contribution is 5.46. The monoisotopic (exact) mass is 177 g/mol. The van der Waals surface area contributed by atoms with Crippen LogP contribution in [0, 0.1) is 6.57 Å². The second-order valence-electron chi connectivity index (χ2n) is 2.04. The molecule has 0 amide bonds. The molecular formula is C11H15NO. The second-order valence-corrected chi connectivity index (χ2v) is 2.04. The van der Waals surface area contributed by atoms with Crippen LogP contribution in [0.2, 0.25) is 0 Å². The van der Waals surface area contributed by atoms with E-state index in [1.165, 1.54) is 0 Å². The summed E-state index contributed by atoms with van der Waals surface area (Å²) in [5, 5.41) is 0. The predicted molar refractivity (Wildman–Crippen MR) is 55.2 cm³/mol. The molecule has 0 spiro atoms. The summed E-state index contributed by atoms with van der Waals surface area (Å²) in [6.07, 6.45) is 0. The number of nitrogens with zero attached hydrogens (tertiary/aromatic N) is 1. The molecule has 2 nitrogen and oxygen atoms in total. The molecule has 0 saturated heterocycles. The van der Waals surface area contributed by atoms with Crippen LogP contribution >= 0.6 is 0 Å².